The van der Waals surface area contributed by atoms with Crippen LogP contribution in [0.15, 0.2) is 18.2 Å². The summed E-state index contributed by atoms with van der Waals surface area (Å²) in [5, 5.41) is 13.8. The molecule has 1 amide bonds. The highest BCUT2D eigenvalue weighted by molar-refractivity contribution is 6.33. The van der Waals surface area contributed by atoms with Crippen LogP contribution in [0.4, 0.5) is 5.69 Å². The number of rotatable bonds is 6. The lowest BCUT2D eigenvalue weighted by molar-refractivity contribution is -0.385. The van der Waals surface area contributed by atoms with E-state index in [1.54, 1.807) is 6.07 Å². The maximum Gasteiger partial charge on any atom is 0.300 e. The SMILES string of the molecule is CCCC1(CNC(=O)c2cccc(Cl)c2[N+](=O)[O-])CC1. The third-order valence-corrected chi connectivity index (χ3v) is 4.08. The van der Waals surface area contributed by atoms with Crippen LogP contribution in [0.5, 0.6) is 0 Å². The van der Waals surface area contributed by atoms with E-state index in [0.29, 0.717) is 6.54 Å². The zero-order valence-corrected chi connectivity index (χ0v) is 12.1. The molecule has 1 aliphatic rings. The molecule has 1 saturated carbocycles. The van der Waals surface area contributed by atoms with Gasteiger partial charge in [0.05, 0.1) is 4.92 Å². The van der Waals surface area contributed by atoms with Gasteiger partial charge in [0.2, 0.25) is 0 Å². The summed E-state index contributed by atoms with van der Waals surface area (Å²) in [5.74, 6) is -0.429. The molecule has 0 saturated heterocycles. The molecule has 1 fully saturated rings. The molecule has 0 bridgehead atoms. The fraction of sp³-hybridized carbons (Fsp3) is 0.500. The minimum atomic E-state index is -0.615. The van der Waals surface area contributed by atoms with E-state index in [-0.39, 0.29) is 21.7 Å². The maximum atomic E-state index is 12.1. The van der Waals surface area contributed by atoms with Gasteiger partial charge in [-0.2, -0.15) is 0 Å². The van der Waals surface area contributed by atoms with Gasteiger partial charge >= 0.3 is 5.69 Å². The van der Waals surface area contributed by atoms with Gasteiger partial charge in [0.25, 0.3) is 5.91 Å². The first-order valence-electron chi connectivity index (χ1n) is 6.70. The highest BCUT2D eigenvalue weighted by atomic mass is 35.5. The Bertz CT molecular complexity index is 541. The number of halogens is 1. The number of nitro benzene ring substituents is 1. The number of para-hydroxylation sites is 1. The molecule has 0 spiro atoms. The molecule has 1 aromatic carbocycles. The molecule has 2 rings (SSSR count). The number of amides is 1. The average molecular weight is 297 g/mol. The van der Waals surface area contributed by atoms with Gasteiger partial charge in [-0.3, -0.25) is 14.9 Å². The third kappa shape index (κ3) is 3.10. The maximum absolute atomic E-state index is 12.1. The van der Waals surface area contributed by atoms with Crippen LogP contribution >= 0.6 is 11.6 Å². The van der Waals surface area contributed by atoms with Crippen LogP contribution in [0.3, 0.4) is 0 Å². The van der Waals surface area contributed by atoms with E-state index in [4.69, 9.17) is 11.6 Å². The van der Waals surface area contributed by atoms with Crippen molar-refractivity contribution in [1.29, 1.82) is 0 Å². The van der Waals surface area contributed by atoms with Gasteiger partial charge in [0, 0.05) is 6.54 Å². The zero-order chi connectivity index (χ0) is 14.8. The fourth-order valence-corrected chi connectivity index (χ4v) is 2.71. The Balaban J connectivity index is 2.10. The number of nitrogens with zero attached hydrogens (tertiary/aromatic N) is 1. The van der Waals surface area contributed by atoms with Crippen molar-refractivity contribution in [2.24, 2.45) is 5.41 Å². The van der Waals surface area contributed by atoms with Gasteiger partial charge in [-0.05, 0) is 36.8 Å². The highest BCUT2D eigenvalue weighted by Crippen LogP contribution is 2.49. The Morgan fingerprint density at radius 3 is 2.75 bits per heavy atom. The standard InChI is InChI=1S/C14H17ClN2O3/c1-2-6-14(7-8-14)9-16-13(18)10-4-3-5-11(15)12(10)17(19)20/h3-5H,2,6-9H2,1H3,(H,16,18). The molecule has 1 N–H and O–H groups in total. The second-order valence-electron chi connectivity index (χ2n) is 5.33. The largest absolute Gasteiger partial charge is 0.351 e. The third-order valence-electron chi connectivity index (χ3n) is 3.78. The smallest absolute Gasteiger partial charge is 0.300 e. The lowest BCUT2D eigenvalue weighted by Gasteiger charge is -2.15. The van der Waals surface area contributed by atoms with Crippen LogP contribution in [-0.2, 0) is 0 Å². The van der Waals surface area contributed by atoms with Crippen molar-refractivity contribution in [2.75, 3.05) is 6.54 Å². The van der Waals surface area contributed by atoms with Crippen LogP contribution in [-0.4, -0.2) is 17.4 Å². The lowest BCUT2D eigenvalue weighted by atomic mass is 10.0. The summed E-state index contributed by atoms with van der Waals surface area (Å²) < 4.78 is 0. The molecule has 1 aliphatic carbocycles. The number of carbonyl (C=O) groups is 1. The Hall–Kier alpha value is -1.62. The molecular formula is C14H17ClN2O3. The topological polar surface area (TPSA) is 72.2 Å². The van der Waals surface area contributed by atoms with E-state index in [9.17, 15) is 14.9 Å². The zero-order valence-electron chi connectivity index (χ0n) is 11.3. The first-order valence-corrected chi connectivity index (χ1v) is 7.08. The summed E-state index contributed by atoms with van der Waals surface area (Å²) in [6, 6.07) is 4.39. The van der Waals surface area contributed by atoms with Crippen molar-refractivity contribution >= 4 is 23.2 Å². The molecule has 108 valence electrons. The Labute approximate surface area is 122 Å². The van der Waals surface area contributed by atoms with Gasteiger partial charge in [-0.25, -0.2) is 0 Å². The van der Waals surface area contributed by atoms with E-state index in [2.05, 4.69) is 12.2 Å². The van der Waals surface area contributed by atoms with E-state index >= 15 is 0 Å². The Morgan fingerprint density at radius 2 is 2.20 bits per heavy atom. The van der Waals surface area contributed by atoms with E-state index in [1.165, 1.54) is 12.1 Å². The number of nitrogens with one attached hydrogen (secondary N) is 1. The van der Waals surface area contributed by atoms with Crippen molar-refractivity contribution < 1.29 is 9.72 Å². The number of hydrogen-bond acceptors (Lipinski definition) is 3. The van der Waals surface area contributed by atoms with Crippen molar-refractivity contribution in [3.63, 3.8) is 0 Å². The molecular weight excluding hydrogens is 280 g/mol. The summed E-state index contributed by atoms with van der Waals surface area (Å²) in [7, 11) is 0. The molecule has 0 aromatic heterocycles. The monoisotopic (exact) mass is 296 g/mol. The highest BCUT2D eigenvalue weighted by Gasteiger charge is 2.41. The number of hydrogen-bond donors (Lipinski definition) is 1. The minimum Gasteiger partial charge on any atom is -0.351 e. The first-order chi connectivity index (χ1) is 9.49. The Morgan fingerprint density at radius 1 is 1.50 bits per heavy atom. The summed E-state index contributed by atoms with van der Waals surface area (Å²) in [6.45, 7) is 2.69. The predicted octanol–water partition coefficient (Wildman–Crippen LogP) is 3.56. The van der Waals surface area contributed by atoms with Crippen LogP contribution in [0, 0.1) is 15.5 Å². The second-order valence-corrected chi connectivity index (χ2v) is 5.73. The number of benzene rings is 1. The second kappa shape index (κ2) is 5.79. The molecule has 0 atom stereocenters. The summed E-state index contributed by atoms with van der Waals surface area (Å²) in [4.78, 5) is 22.5. The van der Waals surface area contributed by atoms with E-state index < -0.39 is 10.8 Å². The van der Waals surface area contributed by atoms with Crippen LogP contribution < -0.4 is 5.32 Å². The quantitative estimate of drug-likeness (QED) is 0.644. The minimum absolute atomic E-state index is 0.0163. The molecule has 5 nitrogen and oxygen atoms in total. The molecule has 20 heavy (non-hydrogen) atoms. The fourth-order valence-electron chi connectivity index (χ4n) is 2.47. The van der Waals surface area contributed by atoms with Crippen LogP contribution in [0.2, 0.25) is 5.02 Å². The molecule has 1 aromatic rings. The van der Waals surface area contributed by atoms with E-state index in [0.717, 1.165) is 25.7 Å². The molecule has 6 heteroatoms. The van der Waals surface area contributed by atoms with Crippen molar-refractivity contribution in [2.45, 2.75) is 32.6 Å². The summed E-state index contributed by atoms with van der Waals surface area (Å²) in [6.07, 6.45) is 4.37. The van der Waals surface area contributed by atoms with Crippen LogP contribution in [0.1, 0.15) is 43.0 Å². The average Bonchev–Trinajstić information content (AvgIpc) is 3.16. The van der Waals surface area contributed by atoms with Gasteiger partial charge in [-0.1, -0.05) is 31.0 Å². The molecule has 0 unspecified atom stereocenters. The molecule has 0 heterocycles. The summed E-state index contributed by atoms with van der Waals surface area (Å²) in [5.41, 5.74) is -0.0978. The van der Waals surface area contributed by atoms with Gasteiger partial charge < -0.3 is 5.32 Å². The normalized spacial score (nSPS) is 15.7. The Kier molecular flexibility index (Phi) is 4.28. The van der Waals surface area contributed by atoms with Gasteiger partial charge in [-0.15, -0.1) is 0 Å². The lowest BCUT2D eigenvalue weighted by Crippen LogP contribution is -2.30. The summed E-state index contributed by atoms with van der Waals surface area (Å²) >= 11 is 5.80. The molecule has 0 aliphatic heterocycles. The van der Waals surface area contributed by atoms with Crippen molar-refractivity contribution in [1.82, 2.24) is 5.32 Å². The number of nitro groups is 1. The van der Waals surface area contributed by atoms with Gasteiger partial charge in [0.15, 0.2) is 0 Å². The van der Waals surface area contributed by atoms with E-state index in [1.807, 2.05) is 0 Å². The number of carbonyl (C=O) groups excluding carboxylic acids is 1. The van der Waals surface area contributed by atoms with Crippen LogP contribution in [0.25, 0.3) is 0 Å². The predicted molar refractivity (Wildman–Crippen MR) is 77.0 cm³/mol. The van der Waals surface area contributed by atoms with Crippen molar-refractivity contribution in [3.8, 4) is 0 Å². The first kappa shape index (κ1) is 14.8. The van der Waals surface area contributed by atoms with Gasteiger partial charge in [0.1, 0.15) is 10.6 Å². The molecule has 0 radical (unpaired) electrons. The van der Waals surface area contributed by atoms with Crippen molar-refractivity contribution in [3.05, 3.63) is 38.9 Å².